The zero-order valence-electron chi connectivity index (χ0n) is 18.7. The molecule has 30 heavy (non-hydrogen) atoms. The Bertz CT molecular complexity index is 677. The van der Waals surface area contributed by atoms with Gasteiger partial charge in [-0.1, -0.05) is 13.2 Å². The zero-order valence-corrected chi connectivity index (χ0v) is 18.7. The Morgan fingerprint density at radius 3 is 1.37 bits per heavy atom. The van der Waals surface area contributed by atoms with Gasteiger partial charge in [-0.2, -0.15) is 0 Å². The van der Waals surface area contributed by atoms with Gasteiger partial charge in [-0.25, -0.2) is 9.59 Å². The Labute approximate surface area is 177 Å². The summed E-state index contributed by atoms with van der Waals surface area (Å²) in [6.07, 6.45) is 0.839. The molecule has 8 heteroatoms. The lowest BCUT2D eigenvalue weighted by Crippen LogP contribution is -2.43. The van der Waals surface area contributed by atoms with Crippen molar-refractivity contribution in [3.05, 3.63) is 24.3 Å². The molecule has 0 N–H and O–H groups in total. The third kappa shape index (κ3) is 8.00. The van der Waals surface area contributed by atoms with E-state index in [1.807, 2.05) is 0 Å². The van der Waals surface area contributed by atoms with Gasteiger partial charge in [-0.05, 0) is 41.5 Å². The molecule has 168 valence electrons. The molecule has 2 aliphatic heterocycles. The molecule has 2 fully saturated rings. The van der Waals surface area contributed by atoms with Crippen LogP contribution in [0.5, 0.6) is 0 Å². The third-order valence-corrected chi connectivity index (χ3v) is 4.52. The lowest BCUT2D eigenvalue weighted by molar-refractivity contribution is -0.181. The summed E-state index contributed by atoms with van der Waals surface area (Å²) in [6.45, 7) is 17.2. The molecule has 0 unspecified atom stereocenters. The van der Waals surface area contributed by atoms with Gasteiger partial charge in [-0.15, -0.1) is 0 Å². The fourth-order valence-corrected chi connectivity index (χ4v) is 3.36. The number of ether oxygens (including phenoxy) is 4. The van der Waals surface area contributed by atoms with Crippen LogP contribution >= 0.6 is 0 Å². The highest BCUT2D eigenvalue weighted by molar-refractivity contribution is 5.88. The van der Waals surface area contributed by atoms with Crippen LogP contribution in [-0.4, -0.2) is 47.3 Å². The molecule has 0 aromatic carbocycles. The van der Waals surface area contributed by atoms with Crippen LogP contribution in [0.2, 0.25) is 0 Å². The minimum atomic E-state index is -0.759. The van der Waals surface area contributed by atoms with Crippen LogP contribution in [0.3, 0.4) is 0 Å². The van der Waals surface area contributed by atoms with Crippen LogP contribution in [0.25, 0.3) is 0 Å². The number of esters is 4. The van der Waals surface area contributed by atoms with E-state index in [0.29, 0.717) is 24.0 Å². The van der Waals surface area contributed by atoms with E-state index >= 15 is 0 Å². The first-order chi connectivity index (χ1) is 13.6. The van der Waals surface area contributed by atoms with Crippen molar-refractivity contribution >= 4 is 23.9 Å². The molecule has 2 rings (SSSR count). The molecule has 2 saturated heterocycles. The molecule has 0 saturated carbocycles. The van der Waals surface area contributed by atoms with Crippen molar-refractivity contribution in [1.82, 2.24) is 0 Å². The second-order valence-corrected chi connectivity index (χ2v) is 8.60. The highest BCUT2D eigenvalue weighted by Gasteiger charge is 2.40. The first kappa shape index (κ1) is 25.4. The summed E-state index contributed by atoms with van der Waals surface area (Å²) >= 11 is 0. The van der Waals surface area contributed by atoms with E-state index in [0.717, 1.165) is 0 Å². The first-order valence-electron chi connectivity index (χ1n) is 9.81. The van der Waals surface area contributed by atoms with E-state index in [1.54, 1.807) is 41.5 Å². The van der Waals surface area contributed by atoms with E-state index in [4.69, 9.17) is 18.9 Å². The van der Waals surface area contributed by atoms with E-state index in [-0.39, 0.29) is 37.0 Å². The lowest BCUT2D eigenvalue weighted by atomic mass is 9.92. The molecule has 0 aromatic heterocycles. The Morgan fingerprint density at radius 1 is 0.833 bits per heavy atom. The zero-order chi connectivity index (χ0) is 23.3. The summed E-state index contributed by atoms with van der Waals surface area (Å²) in [6, 6.07) is 0. The summed E-state index contributed by atoms with van der Waals surface area (Å²) in [7, 11) is 0. The van der Waals surface area contributed by atoms with Crippen molar-refractivity contribution in [2.24, 2.45) is 0 Å². The minimum absolute atomic E-state index is 0.108. The van der Waals surface area contributed by atoms with Crippen molar-refractivity contribution in [2.45, 2.75) is 90.6 Å². The molecule has 0 bridgehead atoms. The quantitative estimate of drug-likeness (QED) is 0.385. The lowest BCUT2D eigenvalue weighted by Gasteiger charge is -2.35. The summed E-state index contributed by atoms with van der Waals surface area (Å²) in [5.41, 5.74) is -0.846. The Balaban J connectivity index is 0.000000300. The van der Waals surface area contributed by atoms with Gasteiger partial charge in [0.15, 0.2) is 0 Å². The largest absolute Gasteiger partial charge is 0.462 e. The van der Waals surface area contributed by atoms with Gasteiger partial charge >= 0.3 is 23.9 Å². The standard InChI is InChI=1S/2C11H16O4/c2*1-7(2)10(13)15-11(4)5-8(3)14-9(12)6-11/h2*8H,1,5-6H2,2-4H3/t8-,11+;8-,11-/m10/s1. The molecular weight excluding hydrogens is 392 g/mol. The second kappa shape index (κ2) is 9.91. The van der Waals surface area contributed by atoms with E-state index in [9.17, 15) is 19.2 Å². The summed E-state index contributed by atoms with van der Waals surface area (Å²) in [4.78, 5) is 45.1. The Hall–Kier alpha value is -2.64. The molecule has 0 aromatic rings. The fourth-order valence-electron chi connectivity index (χ4n) is 3.36. The molecule has 0 spiro atoms. The van der Waals surface area contributed by atoms with E-state index < -0.39 is 23.1 Å². The number of cyclic esters (lactones) is 2. The Morgan fingerprint density at radius 2 is 1.13 bits per heavy atom. The predicted octanol–water partition coefficient (Wildman–Crippen LogP) is 3.18. The van der Waals surface area contributed by atoms with Crippen LogP contribution in [0.15, 0.2) is 24.3 Å². The van der Waals surface area contributed by atoms with Crippen LogP contribution in [0.1, 0.15) is 67.2 Å². The average molecular weight is 424 g/mol. The highest BCUT2D eigenvalue weighted by atomic mass is 16.6. The van der Waals surface area contributed by atoms with Gasteiger partial charge in [0.25, 0.3) is 0 Å². The maximum atomic E-state index is 11.4. The molecule has 8 nitrogen and oxygen atoms in total. The average Bonchev–Trinajstić information content (AvgIpc) is 2.51. The van der Waals surface area contributed by atoms with Gasteiger partial charge in [0.05, 0.1) is 12.8 Å². The molecule has 2 aliphatic rings. The van der Waals surface area contributed by atoms with Crippen LogP contribution in [0, 0.1) is 0 Å². The molecule has 0 aliphatic carbocycles. The monoisotopic (exact) mass is 424 g/mol. The third-order valence-electron chi connectivity index (χ3n) is 4.52. The van der Waals surface area contributed by atoms with Crippen LogP contribution in [0.4, 0.5) is 0 Å². The number of rotatable bonds is 4. The maximum absolute atomic E-state index is 11.4. The van der Waals surface area contributed by atoms with Crippen LogP contribution < -0.4 is 0 Å². The van der Waals surface area contributed by atoms with Crippen molar-refractivity contribution in [1.29, 1.82) is 0 Å². The number of hydrogen-bond donors (Lipinski definition) is 0. The minimum Gasteiger partial charge on any atom is -0.462 e. The number of carbonyl (C=O) groups is 4. The van der Waals surface area contributed by atoms with Crippen LogP contribution in [-0.2, 0) is 38.1 Å². The topological polar surface area (TPSA) is 105 Å². The predicted molar refractivity (Wildman–Crippen MR) is 108 cm³/mol. The van der Waals surface area contributed by atoms with Crippen molar-refractivity contribution in [3.8, 4) is 0 Å². The highest BCUT2D eigenvalue weighted by Crippen LogP contribution is 2.30. The molecule has 2 heterocycles. The van der Waals surface area contributed by atoms with Crippen molar-refractivity contribution in [2.75, 3.05) is 0 Å². The van der Waals surface area contributed by atoms with Gasteiger partial charge in [0.2, 0.25) is 0 Å². The van der Waals surface area contributed by atoms with Crippen molar-refractivity contribution < 1.29 is 38.1 Å². The van der Waals surface area contributed by atoms with Gasteiger partial charge < -0.3 is 18.9 Å². The fraction of sp³-hybridized carbons (Fsp3) is 0.636. The summed E-state index contributed by atoms with van der Waals surface area (Å²) < 4.78 is 20.4. The van der Waals surface area contributed by atoms with Gasteiger partial charge in [0, 0.05) is 24.0 Å². The molecule has 0 amide bonds. The maximum Gasteiger partial charge on any atom is 0.333 e. The first-order valence-corrected chi connectivity index (χ1v) is 9.81. The smallest absolute Gasteiger partial charge is 0.333 e. The van der Waals surface area contributed by atoms with E-state index in [2.05, 4.69) is 13.2 Å². The SMILES string of the molecule is C=C(C)C(=O)O[C@]1(C)CC(=O)O[C@@H](C)C1.C=C(C)C(=O)O[C@]1(C)CC(=O)O[C@H](C)C1. The number of carbonyl (C=O) groups excluding carboxylic acids is 4. The second-order valence-electron chi connectivity index (χ2n) is 8.60. The van der Waals surface area contributed by atoms with Gasteiger partial charge in [-0.3, -0.25) is 9.59 Å². The summed E-state index contributed by atoms with van der Waals surface area (Å²) in [5.74, 6) is -1.57. The van der Waals surface area contributed by atoms with E-state index in [1.165, 1.54) is 0 Å². The molecule has 0 radical (unpaired) electrons. The normalized spacial score (nSPS) is 30.6. The number of hydrogen-bond acceptors (Lipinski definition) is 8. The van der Waals surface area contributed by atoms with Gasteiger partial charge in [0.1, 0.15) is 23.4 Å². The summed E-state index contributed by atoms with van der Waals surface area (Å²) in [5, 5.41) is 0. The molecule has 4 atom stereocenters. The Kier molecular flexibility index (Phi) is 8.39. The van der Waals surface area contributed by atoms with Crippen molar-refractivity contribution in [3.63, 3.8) is 0 Å². The molecular formula is C22H32O8.